The molecule has 0 bridgehead atoms. The van der Waals surface area contributed by atoms with Crippen LogP contribution in [0.2, 0.25) is 0 Å². The fourth-order valence-electron chi connectivity index (χ4n) is 2.97. The van der Waals surface area contributed by atoms with Crippen LogP contribution < -0.4 is 20.7 Å². The maximum Gasteiger partial charge on any atom is 0.319 e. The lowest BCUT2D eigenvalue weighted by Gasteiger charge is -2.29. The van der Waals surface area contributed by atoms with E-state index in [-0.39, 0.29) is 11.9 Å². The zero-order valence-electron chi connectivity index (χ0n) is 15.0. The number of hydrogen-bond acceptors (Lipinski definition) is 3. The summed E-state index contributed by atoms with van der Waals surface area (Å²) in [6.45, 7) is 4.09. The maximum absolute atomic E-state index is 13.1. The molecular weight excluding hydrogens is 410 g/mol. The lowest BCUT2D eigenvalue weighted by molar-refractivity contribution is -0.113. The highest BCUT2D eigenvalue weighted by Gasteiger charge is 2.31. The van der Waals surface area contributed by atoms with Gasteiger partial charge in [-0.15, -0.1) is 0 Å². The third-order valence-corrected chi connectivity index (χ3v) is 4.62. The fraction of sp³-hybridized carbons (Fsp3) is 0.200. The highest BCUT2D eigenvalue weighted by Crippen LogP contribution is 2.31. The Balaban J connectivity index is 1.95. The lowest BCUT2D eigenvalue weighted by atomic mass is 9.95. The van der Waals surface area contributed by atoms with Crippen molar-refractivity contribution in [3.8, 4) is 5.75 Å². The molecule has 0 aromatic heterocycles. The topological polar surface area (TPSA) is 79.5 Å². The number of anilines is 1. The van der Waals surface area contributed by atoms with Gasteiger partial charge < -0.3 is 20.7 Å². The van der Waals surface area contributed by atoms with Gasteiger partial charge in [0.2, 0.25) is 0 Å². The molecule has 2 aromatic carbocycles. The number of carbonyl (C=O) groups excluding carboxylic acids is 2. The minimum atomic E-state index is -0.560. The summed E-state index contributed by atoms with van der Waals surface area (Å²) >= 11 is 3.44. The fourth-order valence-corrected chi connectivity index (χ4v) is 3.39. The van der Waals surface area contributed by atoms with Crippen molar-refractivity contribution in [2.24, 2.45) is 0 Å². The Labute approximate surface area is 166 Å². The molecule has 0 spiro atoms. The van der Waals surface area contributed by atoms with Crippen molar-refractivity contribution in [2.75, 3.05) is 11.9 Å². The van der Waals surface area contributed by atoms with Gasteiger partial charge in [0.1, 0.15) is 5.75 Å². The molecule has 1 atom stereocenters. The normalized spacial score (nSPS) is 16.4. The summed E-state index contributed by atoms with van der Waals surface area (Å²) in [6, 6.07) is 13.8. The van der Waals surface area contributed by atoms with Gasteiger partial charge in [-0.05, 0) is 43.7 Å². The molecule has 0 saturated heterocycles. The number of allylic oxidation sites excluding steroid dienone is 1. The molecule has 1 aliphatic rings. The van der Waals surface area contributed by atoms with E-state index in [1.165, 1.54) is 0 Å². The van der Waals surface area contributed by atoms with E-state index in [4.69, 9.17) is 4.74 Å². The first-order valence-electron chi connectivity index (χ1n) is 8.56. The van der Waals surface area contributed by atoms with Crippen LogP contribution in [-0.2, 0) is 4.79 Å². The largest absolute Gasteiger partial charge is 0.492 e. The quantitative estimate of drug-likeness (QED) is 0.668. The summed E-state index contributed by atoms with van der Waals surface area (Å²) in [5.74, 6) is 0.288. The van der Waals surface area contributed by atoms with Crippen molar-refractivity contribution >= 4 is 33.6 Å². The highest BCUT2D eigenvalue weighted by molar-refractivity contribution is 9.10. The first-order valence-corrected chi connectivity index (χ1v) is 9.35. The molecule has 0 aliphatic carbocycles. The third kappa shape index (κ3) is 4.31. The second-order valence-electron chi connectivity index (χ2n) is 6.01. The van der Waals surface area contributed by atoms with Crippen LogP contribution in [0.1, 0.15) is 25.5 Å². The molecule has 6 nitrogen and oxygen atoms in total. The van der Waals surface area contributed by atoms with Gasteiger partial charge in [0.05, 0.1) is 23.9 Å². The van der Waals surface area contributed by atoms with Gasteiger partial charge in [-0.1, -0.05) is 40.2 Å². The second-order valence-corrected chi connectivity index (χ2v) is 6.92. The van der Waals surface area contributed by atoms with Crippen molar-refractivity contribution in [1.29, 1.82) is 0 Å². The first-order chi connectivity index (χ1) is 13.0. The van der Waals surface area contributed by atoms with Crippen LogP contribution in [0.4, 0.5) is 10.5 Å². The molecule has 3 amide bonds. The molecule has 27 heavy (non-hydrogen) atoms. The average molecular weight is 430 g/mol. The zero-order valence-corrected chi connectivity index (χ0v) is 16.6. The number of nitrogens with one attached hydrogen (secondary N) is 3. The van der Waals surface area contributed by atoms with Gasteiger partial charge in [0.25, 0.3) is 5.91 Å². The SMILES string of the molecule is CCOc1ccccc1NC(=O)C1=C(C)NC(=O)NC1c1cccc(Br)c1. The molecule has 3 rings (SSSR count). The smallest absolute Gasteiger partial charge is 0.319 e. The maximum atomic E-state index is 13.1. The number of halogens is 1. The van der Waals surface area contributed by atoms with Crippen LogP contribution in [0, 0.1) is 0 Å². The summed E-state index contributed by atoms with van der Waals surface area (Å²) in [7, 11) is 0. The Hall–Kier alpha value is -2.80. The number of amides is 3. The van der Waals surface area contributed by atoms with Gasteiger partial charge in [0, 0.05) is 10.2 Å². The molecule has 0 saturated carbocycles. The van der Waals surface area contributed by atoms with E-state index in [2.05, 4.69) is 31.9 Å². The van der Waals surface area contributed by atoms with Crippen LogP contribution in [0.5, 0.6) is 5.75 Å². The van der Waals surface area contributed by atoms with Crippen LogP contribution in [-0.4, -0.2) is 18.5 Å². The van der Waals surface area contributed by atoms with E-state index in [0.29, 0.717) is 29.3 Å². The van der Waals surface area contributed by atoms with Crippen molar-refractivity contribution in [3.63, 3.8) is 0 Å². The highest BCUT2D eigenvalue weighted by atomic mass is 79.9. The van der Waals surface area contributed by atoms with Crippen molar-refractivity contribution in [2.45, 2.75) is 19.9 Å². The monoisotopic (exact) mass is 429 g/mol. The molecule has 2 aromatic rings. The van der Waals surface area contributed by atoms with Gasteiger partial charge in [-0.2, -0.15) is 0 Å². The third-order valence-electron chi connectivity index (χ3n) is 4.13. The van der Waals surface area contributed by atoms with E-state index in [1.54, 1.807) is 19.1 Å². The van der Waals surface area contributed by atoms with E-state index in [0.717, 1.165) is 10.0 Å². The molecule has 0 radical (unpaired) electrons. The van der Waals surface area contributed by atoms with Crippen molar-refractivity contribution in [3.05, 3.63) is 69.8 Å². The van der Waals surface area contributed by atoms with Crippen LogP contribution >= 0.6 is 15.9 Å². The number of hydrogen-bond donors (Lipinski definition) is 3. The standard InChI is InChI=1S/C20H20BrN3O3/c1-3-27-16-10-5-4-9-15(16)23-19(25)17-12(2)22-20(26)24-18(17)13-7-6-8-14(21)11-13/h4-11,18H,3H2,1-2H3,(H,23,25)(H2,22,24,26). The van der Waals surface area contributed by atoms with Gasteiger partial charge >= 0.3 is 6.03 Å². The molecule has 1 aliphatic heterocycles. The second kappa shape index (κ2) is 8.26. The summed E-state index contributed by atoms with van der Waals surface area (Å²) in [4.78, 5) is 25.1. The number of urea groups is 1. The predicted octanol–water partition coefficient (Wildman–Crippen LogP) is 4.11. The summed E-state index contributed by atoms with van der Waals surface area (Å²) < 4.78 is 6.44. The number of ether oxygens (including phenoxy) is 1. The first kappa shape index (κ1) is 19.0. The minimum absolute atomic E-state index is 0.308. The van der Waals surface area contributed by atoms with Crippen molar-refractivity contribution < 1.29 is 14.3 Å². The van der Waals surface area contributed by atoms with E-state index >= 15 is 0 Å². The minimum Gasteiger partial charge on any atom is -0.492 e. The average Bonchev–Trinajstić information content (AvgIpc) is 2.63. The Kier molecular flexibility index (Phi) is 5.81. The van der Waals surface area contributed by atoms with Gasteiger partial charge in [-0.3, -0.25) is 4.79 Å². The van der Waals surface area contributed by atoms with E-state index in [1.807, 2.05) is 43.3 Å². The Morgan fingerprint density at radius 2 is 2.00 bits per heavy atom. The number of carbonyl (C=O) groups is 2. The predicted molar refractivity (Wildman–Crippen MR) is 107 cm³/mol. The molecule has 7 heteroatoms. The Morgan fingerprint density at radius 1 is 1.22 bits per heavy atom. The molecule has 140 valence electrons. The van der Waals surface area contributed by atoms with Gasteiger partial charge in [-0.25, -0.2) is 4.79 Å². The summed E-state index contributed by atoms with van der Waals surface area (Å²) in [5.41, 5.74) is 2.34. The van der Waals surface area contributed by atoms with E-state index < -0.39 is 6.04 Å². The summed E-state index contributed by atoms with van der Waals surface area (Å²) in [5, 5.41) is 8.40. The van der Waals surface area contributed by atoms with Crippen LogP contribution in [0.3, 0.4) is 0 Å². The van der Waals surface area contributed by atoms with Crippen molar-refractivity contribution in [1.82, 2.24) is 10.6 Å². The van der Waals surface area contributed by atoms with Crippen LogP contribution in [0.25, 0.3) is 0 Å². The van der Waals surface area contributed by atoms with Crippen LogP contribution in [0.15, 0.2) is 64.3 Å². The summed E-state index contributed by atoms with van der Waals surface area (Å²) in [6.07, 6.45) is 0. The molecule has 0 fully saturated rings. The van der Waals surface area contributed by atoms with E-state index in [9.17, 15) is 9.59 Å². The Morgan fingerprint density at radius 3 is 2.74 bits per heavy atom. The molecule has 1 unspecified atom stereocenters. The number of rotatable bonds is 5. The van der Waals surface area contributed by atoms with Gasteiger partial charge in [0.15, 0.2) is 0 Å². The lowest BCUT2D eigenvalue weighted by Crippen LogP contribution is -2.46. The molecule has 1 heterocycles. The molecular formula is C20H20BrN3O3. The zero-order chi connectivity index (χ0) is 19.4. The Bertz CT molecular complexity index is 911. The number of para-hydroxylation sites is 2. The number of benzene rings is 2. The molecule has 3 N–H and O–H groups in total.